The highest BCUT2D eigenvalue weighted by atomic mass is 16.5. The highest BCUT2D eigenvalue weighted by Gasteiger charge is 2.42. The molecule has 0 aromatic carbocycles. The number of H-pyrrole nitrogens is 1. The molecule has 0 saturated carbocycles. The molecule has 2 fully saturated rings. The van der Waals surface area contributed by atoms with Crippen molar-refractivity contribution in [1.82, 2.24) is 20.0 Å². The van der Waals surface area contributed by atoms with Gasteiger partial charge in [-0.15, -0.1) is 0 Å². The molecule has 7 heteroatoms. The third-order valence-corrected chi connectivity index (χ3v) is 6.26. The van der Waals surface area contributed by atoms with Gasteiger partial charge in [0.2, 0.25) is 11.8 Å². The maximum Gasteiger partial charge on any atom is 0.222 e. The van der Waals surface area contributed by atoms with Crippen LogP contribution in [0.25, 0.3) is 0 Å². The van der Waals surface area contributed by atoms with Crippen LogP contribution in [0.2, 0.25) is 0 Å². The van der Waals surface area contributed by atoms with Gasteiger partial charge in [-0.05, 0) is 38.7 Å². The van der Waals surface area contributed by atoms with E-state index in [2.05, 4.69) is 10.2 Å². The number of aryl methyl sites for hydroxylation is 2. The van der Waals surface area contributed by atoms with Crippen LogP contribution in [0, 0.1) is 19.3 Å². The smallest absolute Gasteiger partial charge is 0.222 e. The fraction of sp³-hybridized carbons (Fsp3) is 0.750. The van der Waals surface area contributed by atoms with E-state index >= 15 is 0 Å². The van der Waals surface area contributed by atoms with Crippen LogP contribution in [0.4, 0.5) is 0 Å². The summed E-state index contributed by atoms with van der Waals surface area (Å²) in [5.74, 6) is 0.417. The number of aromatic nitrogens is 2. The summed E-state index contributed by atoms with van der Waals surface area (Å²) >= 11 is 0. The molecule has 0 bridgehead atoms. The second kappa shape index (κ2) is 8.42. The second-order valence-corrected chi connectivity index (χ2v) is 8.15. The van der Waals surface area contributed by atoms with Crippen molar-refractivity contribution >= 4 is 11.8 Å². The molecule has 1 aromatic heterocycles. The monoisotopic (exact) mass is 376 g/mol. The first-order valence-corrected chi connectivity index (χ1v) is 9.99. The average Bonchev–Trinajstić information content (AvgIpc) is 2.99. The number of piperidine rings is 2. The highest BCUT2D eigenvalue weighted by molar-refractivity contribution is 5.78. The van der Waals surface area contributed by atoms with Gasteiger partial charge in [-0.25, -0.2) is 0 Å². The van der Waals surface area contributed by atoms with Gasteiger partial charge in [0.05, 0.1) is 12.3 Å². The highest BCUT2D eigenvalue weighted by Crippen LogP contribution is 2.39. The van der Waals surface area contributed by atoms with Crippen LogP contribution < -0.4 is 0 Å². The standard InChI is InChI=1S/C20H32N4O3/c1-15-16(2)21-22-17(15)5-6-18(25)23-10-4-8-20(13-23)9-7-19(26)24(14-20)11-12-27-3/h4-14H2,1-3H3,(H,21,22). The van der Waals surface area contributed by atoms with Gasteiger partial charge in [0.15, 0.2) is 0 Å². The Bertz CT molecular complexity index is 687. The lowest BCUT2D eigenvalue weighted by Crippen LogP contribution is -2.55. The Morgan fingerprint density at radius 3 is 2.81 bits per heavy atom. The van der Waals surface area contributed by atoms with Crippen molar-refractivity contribution in [2.24, 2.45) is 5.41 Å². The lowest BCUT2D eigenvalue weighted by atomic mass is 9.73. The van der Waals surface area contributed by atoms with Crippen LogP contribution in [0.15, 0.2) is 0 Å². The number of amides is 2. The zero-order valence-corrected chi connectivity index (χ0v) is 16.8. The number of carbonyl (C=O) groups is 2. The number of carbonyl (C=O) groups excluding carboxylic acids is 2. The Kier molecular flexibility index (Phi) is 6.19. The zero-order valence-electron chi connectivity index (χ0n) is 16.8. The van der Waals surface area contributed by atoms with Gasteiger partial charge in [0.1, 0.15) is 0 Å². The molecule has 27 heavy (non-hydrogen) atoms. The minimum atomic E-state index is 0.0500. The van der Waals surface area contributed by atoms with Crippen molar-refractivity contribution in [2.45, 2.75) is 52.4 Å². The summed E-state index contributed by atoms with van der Waals surface area (Å²) in [5, 5.41) is 7.30. The van der Waals surface area contributed by atoms with Gasteiger partial charge in [-0.1, -0.05) is 0 Å². The number of nitrogens with zero attached hydrogens (tertiary/aromatic N) is 3. The van der Waals surface area contributed by atoms with E-state index < -0.39 is 0 Å². The van der Waals surface area contributed by atoms with Gasteiger partial charge in [-0.2, -0.15) is 5.10 Å². The molecule has 2 saturated heterocycles. The van der Waals surface area contributed by atoms with E-state index in [4.69, 9.17) is 4.74 Å². The summed E-state index contributed by atoms with van der Waals surface area (Å²) in [6, 6.07) is 0. The lowest BCUT2D eigenvalue weighted by Gasteiger charge is -2.48. The van der Waals surface area contributed by atoms with Crippen molar-refractivity contribution in [3.05, 3.63) is 17.0 Å². The van der Waals surface area contributed by atoms with Crippen LogP contribution in [0.1, 0.15) is 49.1 Å². The molecule has 1 spiro atoms. The Morgan fingerprint density at radius 2 is 2.11 bits per heavy atom. The number of aromatic amines is 1. The van der Waals surface area contributed by atoms with Crippen molar-refractivity contribution in [3.63, 3.8) is 0 Å². The largest absolute Gasteiger partial charge is 0.383 e. The van der Waals surface area contributed by atoms with E-state index in [9.17, 15) is 9.59 Å². The van der Waals surface area contributed by atoms with Gasteiger partial charge in [-0.3, -0.25) is 14.7 Å². The summed E-state index contributed by atoms with van der Waals surface area (Å²) in [5.41, 5.74) is 3.26. The number of hydrogen-bond donors (Lipinski definition) is 1. The Morgan fingerprint density at radius 1 is 1.30 bits per heavy atom. The Balaban J connectivity index is 1.58. The number of nitrogens with one attached hydrogen (secondary N) is 1. The van der Waals surface area contributed by atoms with Gasteiger partial charge in [0.25, 0.3) is 0 Å². The Labute approximate surface area is 161 Å². The molecule has 2 aliphatic rings. The number of methoxy groups -OCH3 is 1. The van der Waals surface area contributed by atoms with E-state index in [1.165, 1.54) is 0 Å². The minimum absolute atomic E-state index is 0.0500. The van der Waals surface area contributed by atoms with Crippen LogP contribution in [-0.2, 0) is 20.7 Å². The Hall–Kier alpha value is -1.89. The molecular weight excluding hydrogens is 344 g/mol. The van der Waals surface area contributed by atoms with Crippen LogP contribution in [-0.4, -0.2) is 71.7 Å². The van der Waals surface area contributed by atoms with Crippen LogP contribution in [0.5, 0.6) is 0 Å². The number of ether oxygens (including phenoxy) is 1. The number of hydrogen-bond acceptors (Lipinski definition) is 4. The molecule has 1 N–H and O–H groups in total. The van der Waals surface area contributed by atoms with Gasteiger partial charge < -0.3 is 14.5 Å². The summed E-state index contributed by atoms with van der Waals surface area (Å²) in [6.45, 7) is 7.59. The van der Waals surface area contributed by atoms with Crippen LogP contribution in [0.3, 0.4) is 0 Å². The maximum absolute atomic E-state index is 12.8. The van der Waals surface area contributed by atoms with Crippen molar-refractivity contribution in [1.29, 1.82) is 0 Å². The molecule has 0 aliphatic carbocycles. The molecule has 3 heterocycles. The molecule has 2 amide bonds. The third-order valence-electron chi connectivity index (χ3n) is 6.26. The molecule has 1 unspecified atom stereocenters. The quantitative estimate of drug-likeness (QED) is 0.822. The fourth-order valence-corrected chi connectivity index (χ4v) is 4.42. The summed E-state index contributed by atoms with van der Waals surface area (Å²) in [7, 11) is 1.66. The molecular formula is C20H32N4O3. The summed E-state index contributed by atoms with van der Waals surface area (Å²) in [4.78, 5) is 29.0. The van der Waals surface area contributed by atoms with E-state index in [0.29, 0.717) is 32.4 Å². The second-order valence-electron chi connectivity index (χ2n) is 8.15. The predicted octanol–water partition coefficient (Wildman–Crippen LogP) is 1.84. The first-order chi connectivity index (χ1) is 12.9. The first-order valence-electron chi connectivity index (χ1n) is 9.99. The topological polar surface area (TPSA) is 78.5 Å². The van der Waals surface area contributed by atoms with E-state index in [0.717, 1.165) is 55.8 Å². The molecule has 7 nitrogen and oxygen atoms in total. The van der Waals surface area contributed by atoms with Crippen LogP contribution >= 0.6 is 0 Å². The minimum Gasteiger partial charge on any atom is -0.383 e. The normalized spacial score (nSPS) is 23.3. The maximum atomic E-state index is 12.8. The lowest BCUT2D eigenvalue weighted by molar-refractivity contribution is -0.143. The average molecular weight is 377 g/mol. The van der Waals surface area contributed by atoms with Crippen molar-refractivity contribution in [3.8, 4) is 0 Å². The number of rotatable bonds is 6. The zero-order chi connectivity index (χ0) is 19.4. The molecule has 2 aliphatic heterocycles. The summed E-state index contributed by atoms with van der Waals surface area (Å²) in [6.07, 6.45) is 4.74. The molecule has 150 valence electrons. The molecule has 3 rings (SSSR count). The third kappa shape index (κ3) is 4.51. The van der Waals surface area contributed by atoms with E-state index in [1.807, 2.05) is 23.6 Å². The van der Waals surface area contributed by atoms with E-state index in [1.54, 1.807) is 7.11 Å². The summed E-state index contributed by atoms with van der Waals surface area (Å²) < 4.78 is 5.15. The van der Waals surface area contributed by atoms with Gasteiger partial charge in [0, 0.05) is 63.7 Å². The molecule has 1 aromatic rings. The fourth-order valence-electron chi connectivity index (χ4n) is 4.42. The first kappa shape index (κ1) is 19.9. The molecule has 1 atom stereocenters. The SMILES string of the molecule is COCCN1CC2(CCCN(C(=O)CCc3n[nH]c(C)c3C)C2)CCC1=O. The van der Waals surface area contributed by atoms with E-state index in [-0.39, 0.29) is 17.2 Å². The number of likely N-dealkylation sites (tertiary alicyclic amines) is 2. The van der Waals surface area contributed by atoms with Crippen molar-refractivity contribution < 1.29 is 14.3 Å². The van der Waals surface area contributed by atoms with Crippen molar-refractivity contribution in [2.75, 3.05) is 39.9 Å². The molecule has 0 radical (unpaired) electrons. The predicted molar refractivity (Wildman–Crippen MR) is 102 cm³/mol. The van der Waals surface area contributed by atoms with Gasteiger partial charge >= 0.3 is 0 Å².